The molecule has 1 aromatic carbocycles. The number of hydrogen-bond donors (Lipinski definition) is 2. The van der Waals surface area contributed by atoms with Crippen molar-refractivity contribution in [2.24, 2.45) is 5.73 Å². The zero-order valence-electron chi connectivity index (χ0n) is 10.5. The van der Waals surface area contributed by atoms with Crippen molar-refractivity contribution in [3.05, 3.63) is 29.6 Å². The zero-order valence-corrected chi connectivity index (χ0v) is 10.5. The Morgan fingerprint density at radius 1 is 1.47 bits per heavy atom. The molecular weight excluding hydrogens is 249 g/mol. The summed E-state index contributed by atoms with van der Waals surface area (Å²) in [5.74, 6) is -0.482. The van der Waals surface area contributed by atoms with Gasteiger partial charge in [0.05, 0.1) is 12.5 Å². The first-order valence-electron chi connectivity index (χ1n) is 5.91. The second-order valence-electron chi connectivity index (χ2n) is 3.88. The fraction of sp³-hybridized carbons (Fsp3) is 0.385. The molecule has 0 spiro atoms. The van der Waals surface area contributed by atoms with Crippen LogP contribution in [-0.4, -0.2) is 25.6 Å². The van der Waals surface area contributed by atoms with Crippen LogP contribution in [0, 0.1) is 17.1 Å². The van der Waals surface area contributed by atoms with Crippen molar-refractivity contribution in [2.45, 2.75) is 12.8 Å². The van der Waals surface area contributed by atoms with E-state index in [0.717, 1.165) is 5.56 Å². The lowest BCUT2D eigenvalue weighted by Gasteiger charge is -2.08. The number of nitrogens with zero attached hydrogens (tertiary/aromatic N) is 1. The van der Waals surface area contributed by atoms with E-state index in [1.807, 2.05) is 6.07 Å². The van der Waals surface area contributed by atoms with E-state index >= 15 is 0 Å². The molecule has 0 saturated carbocycles. The lowest BCUT2D eigenvalue weighted by Crippen LogP contribution is -2.29. The Morgan fingerprint density at radius 3 is 2.95 bits per heavy atom. The minimum atomic E-state index is -0.425. The van der Waals surface area contributed by atoms with Crippen LogP contribution in [0.4, 0.5) is 4.39 Å². The topological polar surface area (TPSA) is 88.1 Å². The quantitative estimate of drug-likeness (QED) is 0.711. The van der Waals surface area contributed by atoms with Crippen molar-refractivity contribution in [3.63, 3.8) is 0 Å². The molecule has 1 amide bonds. The van der Waals surface area contributed by atoms with E-state index < -0.39 is 5.82 Å². The van der Waals surface area contributed by atoms with Crippen LogP contribution in [0.1, 0.15) is 12.0 Å². The van der Waals surface area contributed by atoms with Gasteiger partial charge >= 0.3 is 0 Å². The van der Waals surface area contributed by atoms with Gasteiger partial charge in [0.1, 0.15) is 11.6 Å². The molecule has 1 rings (SSSR count). The summed E-state index contributed by atoms with van der Waals surface area (Å²) in [6.07, 6.45) is 0.787. The normalized spacial score (nSPS) is 9.74. The van der Waals surface area contributed by atoms with Crippen molar-refractivity contribution in [2.75, 3.05) is 19.7 Å². The first-order chi connectivity index (χ1) is 9.15. The molecule has 102 valence electrons. The number of halogens is 1. The number of carbonyl (C=O) groups is 1. The Morgan fingerprint density at radius 2 is 2.26 bits per heavy atom. The summed E-state index contributed by atoms with van der Waals surface area (Å²) in [5, 5.41) is 10.8. The number of amides is 1. The molecule has 0 heterocycles. The largest absolute Gasteiger partial charge is 0.484 e. The van der Waals surface area contributed by atoms with E-state index in [1.54, 1.807) is 6.07 Å². The smallest absolute Gasteiger partial charge is 0.257 e. The van der Waals surface area contributed by atoms with Crippen LogP contribution in [0.2, 0.25) is 0 Å². The van der Waals surface area contributed by atoms with Gasteiger partial charge in [-0.15, -0.1) is 0 Å². The molecule has 19 heavy (non-hydrogen) atoms. The van der Waals surface area contributed by atoms with Crippen molar-refractivity contribution < 1.29 is 13.9 Å². The summed E-state index contributed by atoms with van der Waals surface area (Å²) in [4.78, 5) is 11.3. The van der Waals surface area contributed by atoms with Crippen LogP contribution in [0.15, 0.2) is 18.2 Å². The maximum absolute atomic E-state index is 13.3. The summed E-state index contributed by atoms with van der Waals surface area (Å²) in [7, 11) is 0. The van der Waals surface area contributed by atoms with E-state index in [9.17, 15) is 9.18 Å². The predicted molar refractivity (Wildman–Crippen MR) is 67.9 cm³/mol. The van der Waals surface area contributed by atoms with Crippen molar-refractivity contribution in [1.82, 2.24) is 5.32 Å². The average molecular weight is 265 g/mol. The molecule has 0 saturated heterocycles. The highest BCUT2D eigenvalue weighted by atomic mass is 19.1. The van der Waals surface area contributed by atoms with Gasteiger partial charge in [0.2, 0.25) is 0 Å². The Hall–Kier alpha value is -2.13. The lowest BCUT2D eigenvalue weighted by atomic mass is 10.1. The van der Waals surface area contributed by atoms with Crippen LogP contribution >= 0.6 is 0 Å². The number of rotatable bonds is 7. The number of nitriles is 1. The molecule has 0 aliphatic rings. The fourth-order valence-corrected chi connectivity index (χ4v) is 1.47. The molecule has 0 aromatic heterocycles. The first-order valence-corrected chi connectivity index (χ1v) is 5.91. The Labute approximate surface area is 111 Å². The van der Waals surface area contributed by atoms with Crippen LogP contribution in [0.25, 0.3) is 0 Å². The highest BCUT2D eigenvalue weighted by Crippen LogP contribution is 2.16. The van der Waals surface area contributed by atoms with E-state index in [0.29, 0.717) is 18.7 Å². The van der Waals surface area contributed by atoms with Gasteiger partial charge < -0.3 is 15.8 Å². The molecule has 0 radical (unpaired) electrons. The molecule has 5 nitrogen and oxygen atoms in total. The Balaban J connectivity index is 2.48. The number of nitrogens with one attached hydrogen (secondary N) is 1. The number of nitrogens with two attached hydrogens (primary N) is 1. The van der Waals surface area contributed by atoms with Crippen LogP contribution in [-0.2, 0) is 11.2 Å². The standard InChI is InChI=1S/C13H16FN3O2/c14-11-6-10(2-4-16)7-12(8-11)19-9-13(18)17-5-1-3-15/h6-8H,1-2,4-5,9,16H2,(H,17,18). The zero-order chi connectivity index (χ0) is 14.1. The third kappa shape index (κ3) is 5.84. The Kier molecular flexibility index (Phi) is 6.33. The molecule has 6 heteroatoms. The highest BCUT2D eigenvalue weighted by molar-refractivity contribution is 5.77. The van der Waals surface area contributed by atoms with Crippen LogP contribution in [0.3, 0.4) is 0 Å². The molecule has 0 unspecified atom stereocenters. The van der Waals surface area contributed by atoms with Crippen molar-refractivity contribution >= 4 is 5.91 Å². The number of ether oxygens (including phenoxy) is 1. The third-order valence-electron chi connectivity index (χ3n) is 2.29. The fourth-order valence-electron chi connectivity index (χ4n) is 1.47. The maximum Gasteiger partial charge on any atom is 0.257 e. The van der Waals surface area contributed by atoms with Gasteiger partial charge in [-0.2, -0.15) is 5.26 Å². The summed E-state index contributed by atoms with van der Waals surface area (Å²) < 4.78 is 18.5. The van der Waals surface area contributed by atoms with Crippen LogP contribution < -0.4 is 15.8 Å². The molecule has 0 atom stereocenters. The second-order valence-corrected chi connectivity index (χ2v) is 3.88. The van der Waals surface area contributed by atoms with Crippen molar-refractivity contribution in [3.8, 4) is 11.8 Å². The van der Waals surface area contributed by atoms with Gasteiger partial charge in [0.25, 0.3) is 5.91 Å². The van der Waals surface area contributed by atoms with Gasteiger partial charge in [-0.25, -0.2) is 4.39 Å². The summed E-state index contributed by atoms with van der Waals surface area (Å²) in [5.41, 5.74) is 6.12. The van der Waals surface area contributed by atoms with Gasteiger partial charge in [-0.05, 0) is 30.7 Å². The summed E-state index contributed by atoms with van der Waals surface area (Å²) in [6.45, 7) is 0.481. The van der Waals surface area contributed by atoms with E-state index in [1.165, 1.54) is 12.1 Å². The lowest BCUT2D eigenvalue weighted by molar-refractivity contribution is -0.123. The van der Waals surface area contributed by atoms with E-state index in [4.69, 9.17) is 15.7 Å². The predicted octanol–water partition coefficient (Wildman–Crippen LogP) is 0.736. The molecule has 0 aliphatic carbocycles. The molecule has 0 aliphatic heterocycles. The number of carbonyl (C=O) groups excluding carboxylic acids is 1. The first kappa shape index (κ1) is 14.9. The molecular formula is C13H16FN3O2. The van der Waals surface area contributed by atoms with Gasteiger partial charge in [-0.1, -0.05) is 0 Å². The average Bonchev–Trinajstić information content (AvgIpc) is 2.36. The summed E-state index contributed by atoms with van der Waals surface area (Å²) >= 11 is 0. The molecule has 0 fully saturated rings. The van der Waals surface area contributed by atoms with Crippen LogP contribution in [0.5, 0.6) is 5.75 Å². The van der Waals surface area contributed by atoms with Gasteiger partial charge in [0.15, 0.2) is 6.61 Å². The molecule has 3 N–H and O–H groups in total. The monoisotopic (exact) mass is 265 g/mol. The molecule has 0 bridgehead atoms. The minimum absolute atomic E-state index is 0.211. The van der Waals surface area contributed by atoms with Crippen molar-refractivity contribution in [1.29, 1.82) is 5.26 Å². The van der Waals surface area contributed by atoms with Gasteiger partial charge in [0, 0.05) is 12.6 Å². The minimum Gasteiger partial charge on any atom is -0.484 e. The second kappa shape index (κ2) is 8.06. The third-order valence-corrected chi connectivity index (χ3v) is 2.29. The summed E-state index contributed by atoms with van der Waals surface area (Å²) in [6, 6.07) is 6.15. The van der Waals surface area contributed by atoms with E-state index in [-0.39, 0.29) is 25.5 Å². The maximum atomic E-state index is 13.3. The highest BCUT2D eigenvalue weighted by Gasteiger charge is 2.05. The SMILES string of the molecule is N#CCCNC(=O)COc1cc(F)cc(CCN)c1. The van der Waals surface area contributed by atoms with Gasteiger partial charge in [-0.3, -0.25) is 4.79 Å². The number of hydrogen-bond acceptors (Lipinski definition) is 4. The Bertz CT molecular complexity index is 471. The molecule has 1 aromatic rings. The van der Waals surface area contributed by atoms with E-state index in [2.05, 4.69) is 5.32 Å². The number of benzene rings is 1.